The van der Waals surface area contributed by atoms with Gasteiger partial charge in [-0.05, 0) is 25.5 Å². The fraction of sp³-hybridized carbons (Fsp3) is 0.421. The molecule has 0 spiro atoms. The van der Waals surface area contributed by atoms with Crippen molar-refractivity contribution in [3.8, 4) is 0 Å². The van der Waals surface area contributed by atoms with Crippen LogP contribution in [-0.2, 0) is 9.53 Å². The van der Waals surface area contributed by atoms with Gasteiger partial charge in [-0.15, -0.1) is 0 Å². The largest absolute Gasteiger partial charge is 0.378 e. The van der Waals surface area contributed by atoms with Gasteiger partial charge in [-0.1, -0.05) is 36.8 Å². The van der Waals surface area contributed by atoms with Crippen molar-refractivity contribution in [1.82, 2.24) is 9.88 Å². The minimum Gasteiger partial charge on any atom is -0.378 e. The number of fused-ring (bicyclic) bond motifs is 1. The molecule has 2 aromatic rings. The van der Waals surface area contributed by atoms with Crippen LogP contribution in [0.1, 0.15) is 26.7 Å². The van der Waals surface area contributed by atoms with Crippen LogP contribution in [0.15, 0.2) is 40.6 Å². The average Bonchev–Trinajstić information content (AvgIpc) is 3.23. The van der Waals surface area contributed by atoms with Gasteiger partial charge in [0.05, 0.1) is 34.7 Å². The van der Waals surface area contributed by atoms with Crippen molar-refractivity contribution < 1.29 is 9.53 Å². The lowest BCUT2D eigenvalue weighted by molar-refractivity contribution is -0.114. The number of hydrazone groups is 1. The Morgan fingerprint density at radius 2 is 2.04 bits per heavy atom. The monoisotopic (exact) mass is 370 g/mol. The van der Waals surface area contributed by atoms with E-state index >= 15 is 0 Å². The topological polar surface area (TPSA) is 58.0 Å². The van der Waals surface area contributed by atoms with Gasteiger partial charge in [-0.25, -0.2) is 4.98 Å². The molecule has 2 aliphatic rings. The third-order valence-electron chi connectivity index (χ3n) is 4.71. The number of morpholine rings is 1. The zero-order chi connectivity index (χ0) is 18.1. The van der Waals surface area contributed by atoms with Crippen LogP contribution in [0.3, 0.4) is 0 Å². The number of anilines is 1. The first-order valence-electron chi connectivity index (χ1n) is 9.00. The highest BCUT2D eigenvalue weighted by molar-refractivity contribution is 7.22. The van der Waals surface area contributed by atoms with Gasteiger partial charge in [0, 0.05) is 18.8 Å². The molecule has 7 heteroatoms. The normalized spacial score (nSPS) is 20.1. The van der Waals surface area contributed by atoms with E-state index in [0.717, 1.165) is 53.1 Å². The molecule has 3 heterocycles. The number of carbonyl (C=O) groups excluding carboxylic acids is 1. The van der Waals surface area contributed by atoms with Gasteiger partial charge >= 0.3 is 0 Å². The lowest BCUT2D eigenvalue weighted by Gasteiger charge is -2.30. The molecule has 0 radical (unpaired) electrons. The molecule has 1 saturated heterocycles. The number of benzene rings is 1. The number of thiazole rings is 1. The smallest absolute Gasteiger partial charge is 0.284 e. The molecule has 4 rings (SSSR count). The highest BCUT2D eigenvalue weighted by atomic mass is 32.1. The summed E-state index contributed by atoms with van der Waals surface area (Å²) < 4.78 is 6.50. The Morgan fingerprint density at radius 3 is 2.77 bits per heavy atom. The van der Waals surface area contributed by atoms with Gasteiger partial charge in [0.15, 0.2) is 0 Å². The van der Waals surface area contributed by atoms with E-state index < -0.39 is 0 Å². The maximum atomic E-state index is 13.2. The number of ether oxygens (including phenoxy) is 1. The number of carbonyl (C=O) groups is 1. The Hall–Kier alpha value is -2.25. The first-order chi connectivity index (χ1) is 12.7. The van der Waals surface area contributed by atoms with Gasteiger partial charge in [0.25, 0.3) is 5.91 Å². The van der Waals surface area contributed by atoms with Crippen LogP contribution in [0.4, 0.5) is 5.13 Å². The maximum Gasteiger partial charge on any atom is 0.284 e. The summed E-state index contributed by atoms with van der Waals surface area (Å²) in [5.74, 6) is -0.0727. The molecule has 1 fully saturated rings. The quantitative estimate of drug-likeness (QED) is 0.774. The molecular weight excluding hydrogens is 348 g/mol. The summed E-state index contributed by atoms with van der Waals surface area (Å²) in [6, 6.07) is 7.92. The minimum atomic E-state index is -0.0727. The van der Waals surface area contributed by atoms with Crippen LogP contribution in [0.25, 0.3) is 10.2 Å². The van der Waals surface area contributed by atoms with Gasteiger partial charge in [-0.2, -0.15) is 10.1 Å². The van der Waals surface area contributed by atoms with Crippen molar-refractivity contribution in [2.75, 3.05) is 31.3 Å². The molecule has 0 aliphatic carbocycles. The number of amides is 1. The molecule has 2 aliphatic heterocycles. The minimum absolute atomic E-state index is 0.0727. The second-order valence-electron chi connectivity index (χ2n) is 6.44. The fourth-order valence-electron chi connectivity index (χ4n) is 3.36. The molecule has 1 aromatic carbocycles. The Bertz CT molecular complexity index is 863. The number of para-hydroxylation sites is 1. The first kappa shape index (κ1) is 17.2. The van der Waals surface area contributed by atoms with E-state index in [2.05, 4.69) is 21.9 Å². The number of rotatable bonds is 4. The number of hydrogen-bond donors (Lipinski definition) is 0. The second-order valence-corrected chi connectivity index (χ2v) is 7.45. The van der Waals surface area contributed by atoms with E-state index in [4.69, 9.17) is 4.74 Å². The molecule has 0 N–H and O–H groups in total. The van der Waals surface area contributed by atoms with E-state index in [0.29, 0.717) is 18.3 Å². The lowest BCUT2D eigenvalue weighted by atomic mass is 10.0. The highest BCUT2D eigenvalue weighted by Crippen LogP contribution is 2.33. The zero-order valence-electron chi connectivity index (χ0n) is 15.1. The number of nitrogens with zero attached hydrogens (tertiary/aromatic N) is 4. The van der Waals surface area contributed by atoms with Crippen molar-refractivity contribution in [1.29, 1.82) is 0 Å². The summed E-state index contributed by atoms with van der Waals surface area (Å²) in [6.07, 6.45) is 1.73. The SMILES string of the molecule is CCCC1=NN(c2nc3ccccc3s2)C(=O)C1=C(C)N1CCOCC1. The molecule has 0 unspecified atom stereocenters. The second kappa shape index (κ2) is 7.17. The van der Waals surface area contributed by atoms with Crippen molar-refractivity contribution in [3.05, 3.63) is 35.5 Å². The Kier molecular flexibility index (Phi) is 4.74. The standard InChI is InChI=1S/C19H22N4O2S/c1-3-6-15-17(13(2)22-9-11-25-12-10-22)18(24)23(21-15)19-20-14-7-4-5-8-16(14)26-19/h4-5,7-8H,3,6,9-12H2,1-2H3. The Labute approximate surface area is 156 Å². The lowest BCUT2D eigenvalue weighted by Crippen LogP contribution is -2.37. The highest BCUT2D eigenvalue weighted by Gasteiger charge is 2.35. The molecule has 0 atom stereocenters. The molecular formula is C19H22N4O2S. The summed E-state index contributed by atoms with van der Waals surface area (Å²) in [5.41, 5.74) is 3.48. The van der Waals surface area contributed by atoms with Crippen LogP contribution >= 0.6 is 11.3 Å². The van der Waals surface area contributed by atoms with Crippen molar-refractivity contribution in [2.24, 2.45) is 5.10 Å². The molecule has 26 heavy (non-hydrogen) atoms. The predicted molar refractivity (Wildman–Crippen MR) is 105 cm³/mol. The number of aromatic nitrogens is 1. The number of allylic oxidation sites excluding steroid dienone is 1. The van der Waals surface area contributed by atoms with Gasteiger partial charge < -0.3 is 9.64 Å². The summed E-state index contributed by atoms with van der Waals surface area (Å²) >= 11 is 1.50. The molecule has 1 amide bonds. The van der Waals surface area contributed by atoms with Crippen LogP contribution in [-0.4, -0.2) is 47.8 Å². The molecule has 136 valence electrons. The van der Waals surface area contributed by atoms with Crippen molar-refractivity contribution >= 4 is 38.3 Å². The summed E-state index contributed by atoms with van der Waals surface area (Å²) in [7, 11) is 0. The Balaban J connectivity index is 1.72. The Morgan fingerprint density at radius 1 is 1.27 bits per heavy atom. The molecule has 0 bridgehead atoms. The summed E-state index contributed by atoms with van der Waals surface area (Å²) in [6.45, 7) is 7.13. The third-order valence-corrected chi connectivity index (χ3v) is 5.73. The molecule has 0 saturated carbocycles. The van der Waals surface area contributed by atoms with Crippen LogP contribution in [0.2, 0.25) is 0 Å². The zero-order valence-corrected chi connectivity index (χ0v) is 15.9. The number of hydrogen-bond acceptors (Lipinski definition) is 6. The molecule has 6 nitrogen and oxygen atoms in total. The first-order valence-corrected chi connectivity index (χ1v) is 9.82. The third kappa shape index (κ3) is 3.01. The van der Waals surface area contributed by atoms with E-state index in [1.165, 1.54) is 16.3 Å². The summed E-state index contributed by atoms with van der Waals surface area (Å²) in [5, 5.41) is 6.77. The molecule has 1 aromatic heterocycles. The average molecular weight is 370 g/mol. The van der Waals surface area contributed by atoms with E-state index in [1.807, 2.05) is 31.2 Å². The van der Waals surface area contributed by atoms with Crippen molar-refractivity contribution in [3.63, 3.8) is 0 Å². The van der Waals surface area contributed by atoms with Gasteiger partial charge in [-0.3, -0.25) is 4.79 Å². The van der Waals surface area contributed by atoms with Crippen LogP contribution in [0.5, 0.6) is 0 Å². The maximum absolute atomic E-state index is 13.2. The van der Waals surface area contributed by atoms with Crippen molar-refractivity contribution in [2.45, 2.75) is 26.7 Å². The van der Waals surface area contributed by atoms with Crippen LogP contribution in [0, 0.1) is 0 Å². The van der Waals surface area contributed by atoms with E-state index in [-0.39, 0.29) is 5.91 Å². The van der Waals surface area contributed by atoms with Crippen LogP contribution < -0.4 is 5.01 Å². The van der Waals surface area contributed by atoms with Gasteiger partial charge in [0.2, 0.25) is 5.13 Å². The van der Waals surface area contributed by atoms with E-state index in [9.17, 15) is 4.79 Å². The fourth-order valence-corrected chi connectivity index (χ4v) is 4.27. The summed E-state index contributed by atoms with van der Waals surface area (Å²) in [4.78, 5) is 20.0. The predicted octanol–water partition coefficient (Wildman–Crippen LogP) is 3.41. The van der Waals surface area contributed by atoms with Gasteiger partial charge in [0.1, 0.15) is 0 Å². The van der Waals surface area contributed by atoms with E-state index in [1.54, 1.807) is 0 Å².